The Bertz CT molecular complexity index is 1120. The van der Waals surface area contributed by atoms with Crippen LogP contribution in [0.25, 0.3) is 23.5 Å². The number of morpholine rings is 1. The molecule has 1 saturated heterocycles. The van der Waals surface area contributed by atoms with Crippen molar-refractivity contribution in [3.05, 3.63) is 65.0 Å². The number of aromatic nitrogens is 2. The Balaban J connectivity index is 1.51. The van der Waals surface area contributed by atoms with Gasteiger partial charge in [-0.2, -0.15) is 9.29 Å². The number of hydrogen-bond acceptors (Lipinski definition) is 6. The topological polar surface area (TPSA) is 85.5 Å². The van der Waals surface area contributed by atoms with Crippen molar-refractivity contribution in [3.8, 4) is 11.4 Å². The van der Waals surface area contributed by atoms with Crippen LogP contribution in [0.1, 0.15) is 11.5 Å². The van der Waals surface area contributed by atoms with Gasteiger partial charge in [-0.25, -0.2) is 8.42 Å². The minimum absolute atomic E-state index is 0.227. The highest BCUT2D eigenvalue weighted by molar-refractivity contribution is 7.89. The summed E-state index contributed by atoms with van der Waals surface area (Å²) in [7, 11) is -3.53. The van der Waals surface area contributed by atoms with Crippen molar-refractivity contribution in [1.82, 2.24) is 14.4 Å². The van der Waals surface area contributed by atoms with E-state index in [9.17, 15) is 8.42 Å². The van der Waals surface area contributed by atoms with Crippen molar-refractivity contribution in [2.24, 2.45) is 0 Å². The molecule has 0 saturated carbocycles. The van der Waals surface area contributed by atoms with Gasteiger partial charge in [0, 0.05) is 29.8 Å². The van der Waals surface area contributed by atoms with Gasteiger partial charge in [0.05, 0.1) is 18.1 Å². The van der Waals surface area contributed by atoms with Crippen molar-refractivity contribution < 1.29 is 17.7 Å². The molecule has 2 aromatic carbocycles. The minimum Gasteiger partial charge on any atom is -0.379 e. The first-order valence-electron chi connectivity index (χ1n) is 8.99. The second kappa shape index (κ2) is 8.46. The summed E-state index contributed by atoms with van der Waals surface area (Å²) in [5, 5.41) is 4.58. The summed E-state index contributed by atoms with van der Waals surface area (Å²) < 4.78 is 37.3. The molecule has 4 rings (SSSR count). The summed E-state index contributed by atoms with van der Waals surface area (Å²) >= 11 is 6.12. The van der Waals surface area contributed by atoms with Crippen molar-refractivity contribution in [3.63, 3.8) is 0 Å². The van der Waals surface area contributed by atoms with Crippen LogP contribution in [0.2, 0.25) is 5.02 Å². The smallest absolute Gasteiger partial charge is 0.250 e. The normalized spacial score (nSPS) is 15.8. The Kier molecular flexibility index (Phi) is 5.77. The summed E-state index contributed by atoms with van der Waals surface area (Å²) in [6, 6.07) is 13.9. The predicted molar refractivity (Wildman–Crippen MR) is 110 cm³/mol. The first kappa shape index (κ1) is 19.8. The van der Waals surface area contributed by atoms with Crippen LogP contribution in [-0.4, -0.2) is 49.2 Å². The molecule has 0 N–H and O–H groups in total. The van der Waals surface area contributed by atoms with Crippen LogP contribution < -0.4 is 0 Å². The van der Waals surface area contributed by atoms with Gasteiger partial charge in [-0.3, -0.25) is 0 Å². The van der Waals surface area contributed by atoms with E-state index in [1.807, 2.05) is 18.2 Å². The Morgan fingerprint density at radius 2 is 1.72 bits per heavy atom. The SMILES string of the molecule is O=S(=O)(c1ccc(-c2noc(C=Cc3ccccc3Cl)n2)cc1)N1CCOCC1. The molecule has 7 nitrogen and oxygen atoms in total. The van der Waals surface area contributed by atoms with E-state index in [1.165, 1.54) is 4.31 Å². The summed E-state index contributed by atoms with van der Waals surface area (Å²) in [6.07, 6.45) is 3.46. The van der Waals surface area contributed by atoms with Crippen LogP contribution in [0, 0.1) is 0 Å². The molecule has 1 aliphatic rings. The van der Waals surface area contributed by atoms with Gasteiger partial charge in [-0.05, 0) is 42.0 Å². The molecule has 0 amide bonds. The maximum atomic E-state index is 12.7. The third kappa shape index (κ3) is 4.40. The van der Waals surface area contributed by atoms with Crippen LogP contribution in [0.3, 0.4) is 0 Å². The van der Waals surface area contributed by atoms with Gasteiger partial charge < -0.3 is 9.26 Å². The van der Waals surface area contributed by atoms with Crippen LogP contribution in [-0.2, 0) is 14.8 Å². The van der Waals surface area contributed by atoms with E-state index in [4.69, 9.17) is 20.9 Å². The molecular weight excluding hydrogens is 414 g/mol. The number of ether oxygens (including phenoxy) is 1. The first-order chi connectivity index (χ1) is 14.0. The van der Waals surface area contributed by atoms with Gasteiger partial charge in [0.2, 0.25) is 15.8 Å². The quantitative estimate of drug-likeness (QED) is 0.613. The fourth-order valence-corrected chi connectivity index (χ4v) is 4.51. The van der Waals surface area contributed by atoms with Gasteiger partial charge in [0.15, 0.2) is 0 Å². The lowest BCUT2D eigenvalue weighted by Crippen LogP contribution is -2.40. The standard InChI is InChI=1S/C20H18ClN3O4S/c21-18-4-2-1-3-15(18)7-10-19-22-20(23-28-19)16-5-8-17(9-6-16)29(25,26)24-11-13-27-14-12-24/h1-10H,11-14H2. The van der Waals surface area contributed by atoms with Crippen molar-refractivity contribution in [1.29, 1.82) is 0 Å². The maximum absolute atomic E-state index is 12.7. The zero-order chi connectivity index (χ0) is 20.3. The van der Waals surface area contributed by atoms with Gasteiger partial charge in [0.1, 0.15) is 0 Å². The highest BCUT2D eigenvalue weighted by Crippen LogP contribution is 2.23. The lowest BCUT2D eigenvalue weighted by molar-refractivity contribution is 0.0730. The van der Waals surface area contributed by atoms with E-state index in [2.05, 4.69) is 10.1 Å². The molecule has 0 aliphatic carbocycles. The van der Waals surface area contributed by atoms with Crippen LogP contribution >= 0.6 is 11.6 Å². The molecule has 0 unspecified atom stereocenters. The molecule has 2 heterocycles. The summed E-state index contributed by atoms with van der Waals surface area (Å²) in [5.74, 6) is 0.698. The van der Waals surface area contributed by atoms with Crippen LogP contribution in [0.4, 0.5) is 0 Å². The van der Waals surface area contributed by atoms with E-state index >= 15 is 0 Å². The summed E-state index contributed by atoms with van der Waals surface area (Å²) in [6.45, 7) is 1.53. The van der Waals surface area contributed by atoms with E-state index in [-0.39, 0.29) is 4.90 Å². The van der Waals surface area contributed by atoms with Crippen LogP contribution in [0.5, 0.6) is 0 Å². The molecule has 3 aromatic rings. The van der Waals surface area contributed by atoms with E-state index < -0.39 is 10.0 Å². The van der Waals surface area contributed by atoms with E-state index in [1.54, 1.807) is 42.5 Å². The fourth-order valence-electron chi connectivity index (χ4n) is 2.90. The molecule has 1 fully saturated rings. The van der Waals surface area contributed by atoms with Gasteiger partial charge in [-0.1, -0.05) is 35.0 Å². The highest BCUT2D eigenvalue weighted by atomic mass is 35.5. The molecule has 29 heavy (non-hydrogen) atoms. The van der Waals surface area contributed by atoms with Gasteiger partial charge >= 0.3 is 0 Å². The molecule has 1 aliphatic heterocycles. The second-order valence-corrected chi connectivity index (χ2v) is 8.70. The largest absolute Gasteiger partial charge is 0.379 e. The molecule has 0 spiro atoms. The predicted octanol–water partition coefficient (Wildman–Crippen LogP) is 3.58. The van der Waals surface area contributed by atoms with Gasteiger partial charge in [-0.15, -0.1) is 0 Å². The fraction of sp³-hybridized carbons (Fsp3) is 0.200. The van der Waals surface area contributed by atoms with Gasteiger partial charge in [0.25, 0.3) is 5.89 Å². The Labute approximate surface area is 173 Å². The summed E-state index contributed by atoms with van der Waals surface area (Å²) in [5.41, 5.74) is 1.50. The Morgan fingerprint density at radius 3 is 2.45 bits per heavy atom. The molecular formula is C20H18ClN3O4S. The number of hydrogen-bond donors (Lipinski definition) is 0. The van der Waals surface area contributed by atoms with Crippen molar-refractivity contribution in [2.75, 3.05) is 26.3 Å². The monoisotopic (exact) mass is 431 g/mol. The Morgan fingerprint density at radius 1 is 1.00 bits per heavy atom. The van der Waals surface area contributed by atoms with E-state index in [0.29, 0.717) is 48.6 Å². The molecule has 0 atom stereocenters. The number of sulfonamides is 1. The molecule has 150 valence electrons. The lowest BCUT2D eigenvalue weighted by atomic mass is 10.2. The van der Waals surface area contributed by atoms with Crippen molar-refractivity contribution in [2.45, 2.75) is 4.90 Å². The van der Waals surface area contributed by atoms with Crippen molar-refractivity contribution >= 4 is 33.8 Å². The number of rotatable bonds is 5. The first-order valence-corrected chi connectivity index (χ1v) is 10.8. The third-order valence-corrected chi connectivity index (χ3v) is 6.73. The average molecular weight is 432 g/mol. The third-order valence-electron chi connectivity index (χ3n) is 4.47. The zero-order valence-corrected chi connectivity index (χ0v) is 16.9. The molecule has 9 heteroatoms. The number of benzene rings is 2. The minimum atomic E-state index is -3.53. The maximum Gasteiger partial charge on any atom is 0.250 e. The molecule has 0 bridgehead atoms. The van der Waals surface area contributed by atoms with Crippen LogP contribution in [0.15, 0.2) is 57.9 Å². The highest BCUT2D eigenvalue weighted by Gasteiger charge is 2.26. The number of nitrogens with zero attached hydrogens (tertiary/aromatic N) is 3. The lowest BCUT2D eigenvalue weighted by Gasteiger charge is -2.26. The molecule has 1 aromatic heterocycles. The zero-order valence-electron chi connectivity index (χ0n) is 15.4. The van der Waals surface area contributed by atoms with E-state index in [0.717, 1.165) is 5.56 Å². The Hall–Kier alpha value is -2.52. The average Bonchev–Trinajstić information content (AvgIpc) is 3.23. The molecule has 0 radical (unpaired) electrons. The summed E-state index contributed by atoms with van der Waals surface area (Å²) in [4.78, 5) is 4.55. The number of halogens is 1. The second-order valence-electron chi connectivity index (χ2n) is 6.35.